The Morgan fingerprint density at radius 3 is 1.75 bits per heavy atom. The molecule has 2 unspecified atom stereocenters. The van der Waals surface area contributed by atoms with Gasteiger partial charge >= 0.3 is 0 Å². The Labute approximate surface area is 409 Å². The number of benzene rings is 4. The summed E-state index contributed by atoms with van der Waals surface area (Å²) in [5, 5.41) is 46.0. The minimum Gasteiger partial charge on any atom is -0.508 e. The summed E-state index contributed by atoms with van der Waals surface area (Å²) in [5.74, 6) is -0.00335. The average molecular weight is 893 g/mol. The molecular weight excluding hydrogens is 793 g/mol. The average Bonchev–Trinajstić information content (AvgIpc) is 0.808. The molecule has 0 spiro atoms. The van der Waals surface area contributed by atoms with E-state index in [4.69, 9.17) is 49.1 Å². The Kier molecular flexibility index (Phi) is 13.9. The third-order valence-electron chi connectivity index (χ3n) is 9.38. The Balaban J connectivity index is 0.000000365. The molecule has 4 aromatic rings. The van der Waals surface area contributed by atoms with Gasteiger partial charge in [-0.25, -0.2) is 0 Å². The number of aromatic hydroxyl groups is 1. The number of ether oxygens (including phenoxy) is 4. The molecule has 10 nitrogen and oxygen atoms in total. The molecule has 348 valence electrons. The number of rotatable bonds is 31. The van der Waals surface area contributed by atoms with E-state index in [1.165, 1.54) is 12.1 Å². The van der Waals surface area contributed by atoms with Gasteiger partial charge in [-0.05, 0) is 124 Å². The molecule has 63 heavy (non-hydrogen) atoms. The minimum atomic E-state index is -3.56. The Morgan fingerprint density at radius 1 is 0.698 bits per heavy atom. The number of hydrogen-bond donors (Lipinski definition) is 6. The van der Waals surface area contributed by atoms with Crippen molar-refractivity contribution in [3.8, 4) is 11.5 Å². The van der Waals surface area contributed by atoms with E-state index in [-0.39, 0.29) is 44.2 Å². The molecule has 1 aliphatic rings. The lowest BCUT2D eigenvalue weighted by atomic mass is 10.0. The van der Waals surface area contributed by atoms with E-state index in [1.807, 2.05) is 32.0 Å². The molecule has 6 N–H and O–H groups in total. The van der Waals surface area contributed by atoms with Crippen LogP contribution in [0, 0.1) is 0 Å². The van der Waals surface area contributed by atoms with E-state index in [0.29, 0.717) is 75.9 Å². The van der Waals surface area contributed by atoms with Gasteiger partial charge in [-0.3, -0.25) is 0 Å². The van der Waals surface area contributed by atoms with Crippen LogP contribution in [0.4, 0.5) is 0 Å². The van der Waals surface area contributed by atoms with Gasteiger partial charge in [-0.15, -0.1) is 0 Å². The molecule has 0 amide bonds. The normalized spacial score (nSPS) is 20.9. The van der Waals surface area contributed by atoms with Crippen molar-refractivity contribution in [3.05, 3.63) is 130 Å². The third kappa shape index (κ3) is 22.1. The molecule has 4 aromatic carbocycles. The minimum absolute atomic E-state index is 0.0502. The standard InChI is InChI=1S/C28H41NO4.C25H37NO4/c1-28(2)32-22-25-20-24(15-16-27(25)33-28)26(30)21-29-17-9-3-4-10-18-31-19-11-8-14-23-12-6-5-7-13-23;27-20-23-18-22(13-14-24(23)28)25(29)19-26-15-7-1-2-8-16-30-17-9-6-12-21-10-4-3-5-11-21/h5-7,12-13,15-16,20,26,29-30H,3-4,8-11,14,17-19,21-22H2,1-2H3;3-5,10-11,13-14,18,25-29H,1-2,6-9,12,15-17,19-20H2/i5D,8D2,11D2,12D,13D,14D2,19D2;3D,6D2,9D2,10D,11D,12D2,17D2. The van der Waals surface area contributed by atoms with Gasteiger partial charge in [-0.2, -0.15) is 0 Å². The summed E-state index contributed by atoms with van der Waals surface area (Å²) in [7, 11) is 0. The second-order valence-electron chi connectivity index (χ2n) is 14.9. The number of unbranched alkanes of at least 4 members (excludes halogenated alkanes) is 6. The monoisotopic (exact) mass is 893 g/mol. The van der Waals surface area contributed by atoms with Crippen LogP contribution in [0.25, 0.3) is 0 Å². The van der Waals surface area contributed by atoms with Gasteiger partial charge in [0.05, 0.1) is 39.1 Å². The van der Waals surface area contributed by atoms with Crippen LogP contribution in [0.1, 0.15) is 166 Å². The molecule has 10 heteroatoms. The summed E-state index contributed by atoms with van der Waals surface area (Å²) in [5.41, 5.74) is 0.943. The van der Waals surface area contributed by atoms with Gasteiger partial charge in [0.2, 0.25) is 5.79 Å². The molecule has 0 fully saturated rings. The molecule has 0 bridgehead atoms. The number of aliphatic hydroxyl groups is 3. The first-order valence-corrected chi connectivity index (χ1v) is 21.2. The van der Waals surface area contributed by atoms with Gasteiger partial charge in [0.15, 0.2) is 0 Å². The first-order valence-electron chi connectivity index (χ1n) is 32.2. The maximum Gasteiger partial charge on any atom is 0.205 e. The SMILES string of the molecule is [2H]c1cc([2H])c(C([2H])([2H])C([2H])([2H])C([2H])([2H])C([2H])([2H])OCCCCCCNCC(O)c2ccc(O)c(CO)c2)c([2H])c1.[2H]c1cc([2H])c(C([2H])([2H])C([2H])([2H])C([2H])([2H])C([2H])([2H])OCCCCCCNCC(O)c2ccc3c(c2)COC(C)(C)O3)c([2H])c1. The molecule has 1 aliphatic heterocycles. The fraction of sp³-hybridized carbons (Fsp3) is 0.547. The Morgan fingerprint density at radius 2 is 1.21 bits per heavy atom. The summed E-state index contributed by atoms with van der Waals surface area (Å²) in [6.45, 7) is -1.45. The zero-order valence-corrected chi connectivity index (χ0v) is 36.2. The first kappa shape index (κ1) is 28.3. The fourth-order valence-corrected chi connectivity index (χ4v) is 5.95. The lowest BCUT2D eigenvalue weighted by molar-refractivity contribution is -0.180. The van der Waals surface area contributed by atoms with Crippen molar-refractivity contribution in [3.63, 3.8) is 0 Å². The summed E-state index contributed by atoms with van der Waals surface area (Å²) in [6.07, 6.45) is -17.5. The van der Waals surface area contributed by atoms with Crippen molar-refractivity contribution in [1.82, 2.24) is 10.6 Å². The molecule has 0 saturated heterocycles. The molecular formula is C53H78N2O8. The van der Waals surface area contributed by atoms with Crippen molar-refractivity contribution < 1.29 is 69.5 Å². The molecule has 0 saturated carbocycles. The first-order chi connectivity index (χ1) is 39.1. The number of fused-ring (bicyclic) bond motifs is 1. The van der Waals surface area contributed by atoms with E-state index in [9.17, 15) is 20.4 Å². The van der Waals surface area contributed by atoms with E-state index < -0.39 is 105 Å². The van der Waals surface area contributed by atoms with Crippen molar-refractivity contribution in [1.29, 1.82) is 0 Å². The maximum atomic E-state index is 10.5. The van der Waals surface area contributed by atoms with Crippen LogP contribution in [-0.2, 0) is 40.2 Å². The zero-order valence-electron chi connectivity index (χ0n) is 58.2. The van der Waals surface area contributed by atoms with Crippen LogP contribution >= 0.6 is 0 Å². The fourth-order valence-electron chi connectivity index (χ4n) is 5.95. The molecule has 0 aliphatic carbocycles. The van der Waals surface area contributed by atoms with Crippen molar-refractivity contribution in [2.75, 3.05) is 52.5 Å². The second-order valence-corrected chi connectivity index (χ2v) is 14.9. The quantitative estimate of drug-likeness (QED) is 0.0271. The predicted octanol–water partition coefficient (Wildman–Crippen LogP) is 9.66. The van der Waals surface area contributed by atoms with Crippen LogP contribution in [0.5, 0.6) is 11.5 Å². The van der Waals surface area contributed by atoms with Gasteiger partial charge in [0.1, 0.15) is 11.5 Å². The van der Waals surface area contributed by atoms with Crippen LogP contribution in [0.2, 0.25) is 0 Å². The molecule has 1 heterocycles. The highest BCUT2D eigenvalue weighted by atomic mass is 16.7. The van der Waals surface area contributed by atoms with Crippen molar-refractivity contribution in [2.24, 2.45) is 0 Å². The van der Waals surface area contributed by atoms with Gasteiger partial charge in [-0.1, -0.05) is 98.3 Å². The van der Waals surface area contributed by atoms with E-state index in [1.54, 1.807) is 6.07 Å². The summed E-state index contributed by atoms with van der Waals surface area (Å²) < 4.78 is 200. The molecule has 0 radical (unpaired) electrons. The zero-order chi connectivity index (χ0) is 64.4. The number of phenols is 1. The van der Waals surface area contributed by atoms with Crippen molar-refractivity contribution >= 4 is 0 Å². The van der Waals surface area contributed by atoms with Gasteiger partial charge < -0.3 is 50.0 Å². The number of nitrogens with one attached hydrogen (secondary N) is 2. The predicted molar refractivity (Wildman–Crippen MR) is 253 cm³/mol. The highest BCUT2D eigenvalue weighted by Crippen LogP contribution is 2.33. The highest BCUT2D eigenvalue weighted by molar-refractivity contribution is 5.39. The summed E-state index contributed by atoms with van der Waals surface area (Å²) in [4.78, 5) is 0. The molecule has 0 aromatic heterocycles. The lowest BCUT2D eigenvalue weighted by Gasteiger charge is -2.33. The number of hydrogen-bond acceptors (Lipinski definition) is 10. The van der Waals surface area contributed by atoms with Crippen LogP contribution < -0.4 is 15.4 Å². The molecule has 2 atom stereocenters. The largest absolute Gasteiger partial charge is 0.508 e. The summed E-state index contributed by atoms with van der Waals surface area (Å²) >= 11 is 0. The van der Waals surface area contributed by atoms with Crippen LogP contribution in [0.3, 0.4) is 0 Å². The highest BCUT2D eigenvalue weighted by Gasteiger charge is 2.27. The second kappa shape index (κ2) is 31.1. The van der Waals surface area contributed by atoms with Crippen molar-refractivity contribution in [2.45, 2.75) is 135 Å². The van der Waals surface area contributed by atoms with E-state index in [2.05, 4.69) is 10.6 Å². The van der Waals surface area contributed by atoms with E-state index in [0.717, 1.165) is 54.0 Å². The third-order valence-corrected chi connectivity index (χ3v) is 9.38. The molecule has 5 rings (SSSR count). The smallest absolute Gasteiger partial charge is 0.205 e. The topological polar surface area (TPSA) is 142 Å². The Hall–Kier alpha value is -3.84. The maximum absolute atomic E-state index is 10.5. The van der Waals surface area contributed by atoms with E-state index >= 15 is 0 Å². The van der Waals surface area contributed by atoms with Crippen LogP contribution in [0.15, 0.2) is 96.9 Å². The Bertz CT molecular complexity index is 2780. The lowest BCUT2D eigenvalue weighted by Crippen LogP contribution is -2.35. The number of aliphatic hydroxyl groups excluding tert-OH is 3. The van der Waals surface area contributed by atoms with Gasteiger partial charge in [0.25, 0.3) is 0 Å². The van der Waals surface area contributed by atoms with Gasteiger partial charge in [0, 0.05) is 80.8 Å². The van der Waals surface area contributed by atoms with Crippen LogP contribution in [-0.4, -0.2) is 78.7 Å². The summed E-state index contributed by atoms with van der Waals surface area (Å²) in [6, 6.07) is 10.5.